The van der Waals surface area contributed by atoms with E-state index in [1.165, 1.54) is 6.21 Å². The smallest absolute Gasteiger partial charge is 0.252 e. The Labute approximate surface area is 162 Å². The molecule has 3 rings (SSSR count). The van der Waals surface area contributed by atoms with Crippen molar-refractivity contribution in [2.24, 2.45) is 5.10 Å². The van der Waals surface area contributed by atoms with Crippen LogP contribution in [0.25, 0.3) is 0 Å². The molecule has 0 unspecified atom stereocenters. The minimum absolute atomic E-state index is 0.234. The summed E-state index contributed by atoms with van der Waals surface area (Å²) in [6, 6.07) is 24.3. The average molecular weight is 383 g/mol. The Balaban J connectivity index is 1.84. The molecule has 0 radical (unpaired) electrons. The van der Waals surface area contributed by atoms with Crippen LogP contribution in [-0.4, -0.2) is 12.1 Å². The van der Waals surface area contributed by atoms with Crippen molar-refractivity contribution in [1.82, 2.24) is 5.43 Å². The average Bonchev–Trinajstić information content (AvgIpc) is 2.66. The van der Waals surface area contributed by atoms with E-state index in [1.54, 1.807) is 18.2 Å². The fourth-order valence-corrected chi connectivity index (χ4v) is 3.14. The second-order valence-corrected chi connectivity index (χ2v) is 6.44. The van der Waals surface area contributed by atoms with Crippen LogP contribution in [0.15, 0.2) is 84.0 Å². The standard InChI is InChI=1S/C21H16Cl2N2O/c22-18-12-7-13-19(23)17(18)14-24-25-21(26)20(15-8-3-1-4-9-15)16-10-5-2-6-11-16/h1-14,20H,(H,25,26)/b24-14+. The fraction of sp³-hybridized carbons (Fsp3) is 0.0476. The van der Waals surface area contributed by atoms with E-state index in [-0.39, 0.29) is 5.91 Å². The van der Waals surface area contributed by atoms with Gasteiger partial charge in [-0.1, -0.05) is 89.9 Å². The van der Waals surface area contributed by atoms with Crippen LogP contribution >= 0.6 is 23.2 Å². The highest BCUT2D eigenvalue weighted by molar-refractivity contribution is 6.38. The topological polar surface area (TPSA) is 41.5 Å². The van der Waals surface area contributed by atoms with E-state index in [4.69, 9.17) is 23.2 Å². The number of carbonyl (C=O) groups excluding carboxylic acids is 1. The Bertz CT molecular complexity index is 852. The predicted octanol–water partition coefficient (Wildman–Crippen LogP) is 5.28. The molecule has 0 atom stereocenters. The third-order valence-electron chi connectivity index (χ3n) is 3.90. The summed E-state index contributed by atoms with van der Waals surface area (Å²) < 4.78 is 0. The largest absolute Gasteiger partial charge is 0.272 e. The van der Waals surface area contributed by atoms with Gasteiger partial charge in [-0.3, -0.25) is 4.79 Å². The van der Waals surface area contributed by atoms with Crippen LogP contribution in [0, 0.1) is 0 Å². The minimum atomic E-state index is -0.462. The van der Waals surface area contributed by atoms with Crippen LogP contribution in [0.3, 0.4) is 0 Å². The third kappa shape index (κ3) is 4.31. The molecular formula is C21H16Cl2N2O. The quantitative estimate of drug-likeness (QED) is 0.473. The molecule has 1 amide bonds. The summed E-state index contributed by atoms with van der Waals surface area (Å²) in [5.74, 6) is -0.696. The van der Waals surface area contributed by atoms with Crippen LogP contribution < -0.4 is 5.43 Å². The Kier molecular flexibility index (Phi) is 6.05. The number of halogens is 2. The monoisotopic (exact) mass is 382 g/mol. The number of hydrazone groups is 1. The minimum Gasteiger partial charge on any atom is -0.272 e. The molecule has 0 saturated carbocycles. The predicted molar refractivity (Wildman–Crippen MR) is 107 cm³/mol. The molecule has 0 fully saturated rings. The highest BCUT2D eigenvalue weighted by Gasteiger charge is 2.22. The first kappa shape index (κ1) is 18.2. The number of nitrogens with zero attached hydrogens (tertiary/aromatic N) is 1. The molecule has 3 aromatic rings. The van der Waals surface area contributed by atoms with Gasteiger partial charge in [-0.05, 0) is 23.3 Å². The number of benzene rings is 3. The van der Waals surface area contributed by atoms with Crippen LogP contribution in [0.1, 0.15) is 22.6 Å². The first-order chi connectivity index (χ1) is 12.7. The summed E-state index contributed by atoms with van der Waals surface area (Å²) in [5.41, 5.74) is 4.94. The molecule has 3 aromatic carbocycles. The van der Waals surface area contributed by atoms with Gasteiger partial charge in [0.1, 0.15) is 0 Å². The Morgan fingerprint density at radius 3 is 1.81 bits per heavy atom. The van der Waals surface area contributed by atoms with Gasteiger partial charge in [0.25, 0.3) is 5.91 Å². The maximum atomic E-state index is 12.8. The van der Waals surface area contributed by atoms with Crippen molar-refractivity contribution in [1.29, 1.82) is 0 Å². The number of amides is 1. The molecule has 0 spiro atoms. The maximum absolute atomic E-state index is 12.8. The van der Waals surface area contributed by atoms with Gasteiger partial charge in [0.05, 0.1) is 22.2 Å². The maximum Gasteiger partial charge on any atom is 0.252 e. The zero-order valence-corrected chi connectivity index (χ0v) is 15.3. The number of carbonyl (C=O) groups is 1. The molecule has 26 heavy (non-hydrogen) atoms. The highest BCUT2D eigenvalue weighted by atomic mass is 35.5. The van der Waals surface area contributed by atoms with Gasteiger partial charge >= 0.3 is 0 Å². The van der Waals surface area contributed by atoms with E-state index in [0.29, 0.717) is 15.6 Å². The van der Waals surface area contributed by atoms with Gasteiger partial charge in [0, 0.05) is 5.56 Å². The lowest BCUT2D eigenvalue weighted by Crippen LogP contribution is -2.26. The number of hydrogen-bond acceptors (Lipinski definition) is 2. The van der Waals surface area contributed by atoms with Crippen molar-refractivity contribution >= 4 is 35.3 Å². The van der Waals surface area contributed by atoms with Crippen LogP contribution in [-0.2, 0) is 4.79 Å². The lowest BCUT2D eigenvalue weighted by atomic mass is 9.91. The SMILES string of the molecule is O=C(N/N=C/c1c(Cl)cccc1Cl)C(c1ccccc1)c1ccccc1. The molecule has 3 nitrogen and oxygen atoms in total. The fourth-order valence-electron chi connectivity index (χ4n) is 2.65. The summed E-state index contributed by atoms with van der Waals surface area (Å²) in [6.45, 7) is 0. The second-order valence-electron chi connectivity index (χ2n) is 5.62. The molecule has 1 N–H and O–H groups in total. The van der Waals surface area contributed by atoms with Crippen molar-refractivity contribution in [2.45, 2.75) is 5.92 Å². The molecule has 0 aromatic heterocycles. The molecule has 0 aliphatic heterocycles. The van der Waals surface area contributed by atoms with Crippen LogP contribution in [0.4, 0.5) is 0 Å². The van der Waals surface area contributed by atoms with Gasteiger partial charge in [-0.25, -0.2) is 5.43 Å². The van der Waals surface area contributed by atoms with Crippen molar-refractivity contribution in [3.8, 4) is 0 Å². The second kappa shape index (κ2) is 8.65. The summed E-state index contributed by atoms with van der Waals surface area (Å²) in [5, 5.41) is 4.98. The summed E-state index contributed by atoms with van der Waals surface area (Å²) >= 11 is 12.2. The summed E-state index contributed by atoms with van der Waals surface area (Å²) in [6.07, 6.45) is 1.45. The van der Waals surface area contributed by atoms with E-state index < -0.39 is 5.92 Å². The number of nitrogens with one attached hydrogen (secondary N) is 1. The van der Waals surface area contributed by atoms with Gasteiger partial charge < -0.3 is 0 Å². The number of hydrogen-bond donors (Lipinski definition) is 1. The van der Waals surface area contributed by atoms with E-state index in [9.17, 15) is 4.79 Å². The van der Waals surface area contributed by atoms with Gasteiger partial charge in [-0.2, -0.15) is 5.10 Å². The van der Waals surface area contributed by atoms with Crippen molar-refractivity contribution in [3.05, 3.63) is 106 Å². The van der Waals surface area contributed by atoms with E-state index in [2.05, 4.69) is 10.5 Å². The molecule has 0 aliphatic rings. The molecular weight excluding hydrogens is 367 g/mol. The lowest BCUT2D eigenvalue weighted by molar-refractivity contribution is -0.121. The first-order valence-electron chi connectivity index (χ1n) is 8.03. The van der Waals surface area contributed by atoms with Crippen molar-refractivity contribution in [2.75, 3.05) is 0 Å². The van der Waals surface area contributed by atoms with E-state index >= 15 is 0 Å². The molecule has 0 aliphatic carbocycles. The normalized spacial score (nSPS) is 11.0. The summed E-state index contributed by atoms with van der Waals surface area (Å²) in [7, 11) is 0. The number of rotatable bonds is 5. The van der Waals surface area contributed by atoms with Gasteiger partial charge in [-0.15, -0.1) is 0 Å². The third-order valence-corrected chi connectivity index (χ3v) is 4.56. The molecule has 130 valence electrons. The summed E-state index contributed by atoms with van der Waals surface area (Å²) in [4.78, 5) is 12.8. The lowest BCUT2D eigenvalue weighted by Gasteiger charge is -2.16. The highest BCUT2D eigenvalue weighted by Crippen LogP contribution is 2.25. The zero-order chi connectivity index (χ0) is 18.4. The molecule has 0 heterocycles. The molecule has 5 heteroatoms. The van der Waals surface area contributed by atoms with Crippen molar-refractivity contribution < 1.29 is 4.79 Å². The zero-order valence-electron chi connectivity index (χ0n) is 13.8. The van der Waals surface area contributed by atoms with Crippen molar-refractivity contribution in [3.63, 3.8) is 0 Å². The first-order valence-corrected chi connectivity index (χ1v) is 8.79. The van der Waals surface area contributed by atoms with Gasteiger partial charge in [0.2, 0.25) is 0 Å². The Hall–Kier alpha value is -2.62. The molecule has 0 bridgehead atoms. The van der Waals surface area contributed by atoms with Crippen LogP contribution in [0.5, 0.6) is 0 Å². The Morgan fingerprint density at radius 2 is 1.31 bits per heavy atom. The van der Waals surface area contributed by atoms with Gasteiger partial charge in [0.15, 0.2) is 0 Å². The van der Waals surface area contributed by atoms with E-state index in [0.717, 1.165) is 11.1 Å². The Morgan fingerprint density at radius 1 is 0.808 bits per heavy atom. The molecule has 0 saturated heterocycles. The van der Waals surface area contributed by atoms with Crippen LogP contribution in [0.2, 0.25) is 10.0 Å². The van der Waals surface area contributed by atoms with E-state index in [1.807, 2.05) is 60.7 Å².